The van der Waals surface area contributed by atoms with Crippen LogP contribution < -0.4 is 4.90 Å². The smallest absolute Gasteiger partial charge is 0.227 e. The average molecular weight is 434 g/mol. The molecule has 0 N–H and O–H groups in total. The van der Waals surface area contributed by atoms with Crippen LogP contribution in [0.2, 0.25) is 5.02 Å². The molecule has 1 amide bonds. The van der Waals surface area contributed by atoms with Gasteiger partial charge in [0.05, 0.1) is 17.6 Å². The number of amides is 1. The fourth-order valence-corrected chi connectivity index (χ4v) is 4.56. The molecule has 4 aromatic rings. The van der Waals surface area contributed by atoms with Gasteiger partial charge in [0, 0.05) is 35.2 Å². The first-order valence-electron chi connectivity index (χ1n) is 10.3. The maximum absolute atomic E-state index is 14.6. The standard InChI is InChI=1S/C25H21ClFN3O/c1-16-6-4-7-18(12-16)29-14-17(13-24(29)31)25-28-22-10-2-3-11-23(22)30(25)15-19-20(26)8-5-9-21(19)27/h2-12,17H,13-15H2,1H3/t17-/m1/s1. The number of imidazole rings is 1. The Hall–Kier alpha value is -3.18. The predicted molar refractivity (Wildman–Crippen MR) is 121 cm³/mol. The second-order valence-corrected chi connectivity index (χ2v) is 8.40. The highest BCUT2D eigenvalue weighted by atomic mass is 35.5. The van der Waals surface area contributed by atoms with Crippen molar-refractivity contribution in [1.82, 2.24) is 9.55 Å². The number of hydrogen-bond acceptors (Lipinski definition) is 2. The van der Waals surface area contributed by atoms with Crippen LogP contribution in [0.1, 0.15) is 29.3 Å². The van der Waals surface area contributed by atoms with Gasteiger partial charge in [-0.3, -0.25) is 4.79 Å². The van der Waals surface area contributed by atoms with Crippen LogP contribution in [0.5, 0.6) is 0 Å². The Morgan fingerprint density at radius 3 is 2.71 bits per heavy atom. The van der Waals surface area contributed by atoms with Crippen LogP contribution in [0.15, 0.2) is 66.7 Å². The van der Waals surface area contributed by atoms with Crippen molar-refractivity contribution in [3.05, 3.63) is 94.5 Å². The van der Waals surface area contributed by atoms with Gasteiger partial charge in [-0.2, -0.15) is 0 Å². The molecule has 6 heteroatoms. The number of benzene rings is 3. The summed E-state index contributed by atoms with van der Waals surface area (Å²) in [5, 5.41) is 0.382. The summed E-state index contributed by atoms with van der Waals surface area (Å²) in [6.45, 7) is 2.81. The van der Waals surface area contributed by atoms with Gasteiger partial charge in [0.1, 0.15) is 11.6 Å². The highest BCUT2D eigenvalue weighted by Gasteiger charge is 2.35. The Bertz CT molecular complexity index is 1280. The van der Waals surface area contributed by atoms with Gasteiger partial charge >= 0.3 is 0 Å². The lowest BCUT2D eigenvalue weighted by molar-refractivity contribution is -0.117. The van der Waals surface area contributed by atoms with Gasteiger partial charge in [0.25, 0.3) is 0 Å². The quantitative estimate of drug-likeness (QED) is 0.413. The lowest BCUT2D eigenvalue weighted by Gasteiger charge is -2.18. The Balaban J connectivity index is 1.56. The minimum Gasteiger partial charge on any atom is -0.323 e. The highest BCUT2D eigenvalue weighted by molar-refractivity contribution is 6.31. The van der Waals surface area contributed by atoms with Crippen LogP contribution in [-0.2, 0) is 11.3 Å². The Morgan fingerprint density at radius 2 is 1.90 bits per heavy atom. The first kappa shape index (κ1) is 19.8. The fraction of sp³-hybridized carbons (Fsp3) is 0.200. The molecule has 1 aliphatic heterocycles. The Labute approximate surface area is 184 Å². The maximum Gasteiger partial charge on any atom is 0.227 e. The number of hydrogen-bond donors (Lipinski definition) is 0. The molecular weight excluding hydrogens is 413 g/mol. The molecule has 1 saturated heterocycles. The highest BCUT2D eigenvalue weighted by Crippen LogP contribution is 2.34. The summed E-state index contributed by atoms with van der Waals surface area (Å²) in [5.74, 6) is 0.410. The number of aryl methyl sites for hydroxylation is 1. The molecule has 31 heavy (non-hydrogen) atoms. The predicted octanol–water partition coefficient (Wildman–Crippen LogP) is 5.71. The molecule has 0 bridgehead atoms. The van der Waals surface area contributed by atoms with Crippen molar-refractivity contribution < 1.29 is 9.18 Å². The van der Waals surface area contributed by atoms with E-state index in [2.05, 4.69) is 0 Å². The van der Waals surface area contributed by atoms with Gasteiger partial charge in [-0.1, -0.05) is 41.9 Å². The number of anilines is 1. The van der Waals surface area contributed by atoms with Gasteiger partial charge in [-0.05, 0) is 48.9 Å². The lowest BCUT2D eigenvalue weighted by Crippen LogP contribution is -2.24. The normalized spacial score (nSPS) is 16.4. The third-order valence-corrected chi connectivity index (χ3v) is 6.22. The monoisotopic (exact) mass is 433 g/mol. The minimum atomic E-state index is -0.347. The zero-order valence-electron chi connectivity index (χ0n) is 17.1. The molecule has 0 unspecified atom stereocenters. The van der Waals surface area contributed by atoms with Crippen molar-refractivity contribution in [3.63, 3.8) is 0 Å². The van der Waals surface area contributed by atoms with Crippen molar-refractivity contribution in [2.45, 2.75) is 25.8 Å². The van der Waals surface area contributed by atoms with Gasteiger partial charge in [-0.15, -0.1) is 0 Å². The molecule has 1 aliphatic rings. The van der Waals surface area contributed by atoms with E-state index in [9.17, 15) is 9.18 Å². The number of para-hydroxylation sites is 2. The summed E-state index contributed by atoms with van der Waals surface area (Å²) in [4.78, 5) is 19.5. The first-order valence-corrected chi connectivity index (χ1v) is 10.6. The van der Waals surface area contributed by atoms with Gasteiger partial charge in [-0.25, -0.2) is 9.37 Å². The summed E-state index contributed by atoms with van der Waals surface area (Å²) in [6, 6.07) is 20.4. The van der Waals surface area contributed by atoms with Crippen molar-refractivity contribution in [2.24, 2.45) is 0 Å². The fourth-order valence-electron chi connectivity index (χ4n) is 4.34. The maximum atomic E-state index is 14.6. The van der Waals surface area contributed by atoms with E-state index in [-0.39, 0.29) is 24.2 Å². The third kappa shape index (κ3) is 3.59. The third-order valence-electron chi connectivity index (χ3n) is 5.87. The minimum absolute atomic E-state index is 0.0677. The second kappa shape index (κ2) is 7.82. The van der Waals surface area contributed by atoms with Crippen LogP contribution in [0, 0.1) is 12.7 Å². The number of aromatic nitrogens is 2. The van der Waals surface area contributed by atoms with Crippen LogP contribution in [0.4, 0.5) is 10.1 Å². The summed E-state index contributed by atoms with van der Waals surface area (Å²) in [7, 11) is 0. The lowest BCUT2D eigenvalue weighted by atomic mass is 10.1. The van der Waals surface area contributed by atoms with Crippen molar-refractivity contribution in [3.8, 4) is 0 Å². The average Bonchev–Trinajstić information content (AvgIpc) is 3.31. The Kier molecular flexibility index (Phi) is 4.98. The summed E-state index contributed by atoms with van der Waals surface area (Å²) in [5.41, 5.74) is 4.15. The van der Waals surface area contributed by atoms with Crippen molar-refractivity contribution >= 4 is 34.2 Å². The number of carbonyl (C=O) groups is 1. The molecule has 1 aromatic heterocycles. The van der Waals surface area contributed by atoms with Crippen LogP contribution >= 0.6 is 11.6 Å². The molecule has 0 radical (unpaired) electrons. The van der Waals surface area contributed by atoms with E-state index in [1.807, 2.05) is 64.9 Å². The van der Waals surface area contributed by atoms with Crippen LogP contribution in [0.25, 0.3) is 11.0 Å². The van der Waals surface area contributed by atoms with Gasteiger partial charge in [0.15, 0.2) is 0 Å². The number of rotatable bonds is 4. The summed E-state index contributed by atoms with van der Waals surface area (Å²) in [6.07, 6.45) is 0.363. The second-order valence-electron chi connectivity index (χ2n) is 7.99. The van der Waals surface area contributed by atoms with E-state index in [4.69, 9.17) is 16.6 Å². The largest absolute Gasteiger partial charge is 0.323 e. The van der Waals surface area contributed by atoms with Crippen molar-refractivity contribution in [1.29, 1.82) is 0 Å². The molecule has 2 heterocycles. The first-order chi connectivity index (χ1) is 15.0. The molecule has 0 aliphatic carbocycles. The van der Waals surface area contributed by atoms with E-state index in [1.165, 1.54) is 6.07 Å². The molecule has 5 rings (SSSR count). The topological polar surface area (TPSA) is 38.1 Å². The SMILES string of the molecule is Cc1cccc(N2C[C@H](c3nc4ccccc4n3Cc3c(F)cccc3Cl)CC2=O)c1. The molecule has 156 valence electrons. The number of carbonyl (C=O) groups excluding carboxylic acids is 1. The molecule has 0 spiro atoms. The van der Waals surface area contributed by atoms with E-state index >= 15 is 0 Å². The van der Waals surface area contributed by atoms with E-state index in [1.54, 1.807) is 12.1 Å². The summed E-state index contributed by atoms with van der Waals surface area (Å²) < 4.78 is 16.6. The van der Waals surface area contributed by atoms with E-state index in [0.29, 0.717) is 23.6 Å². The molecule has 1 fully saturated rings. The molecule has 0 saturated carbocycles. The van der Waals surface area contributed by atoms with E-state index < -0.39 is 0 Å². The zero-order valence-corrected chi connectivity index (χ0v) is 17.8. The van der Waals surface area contributed by atoms with E-state index in [0.717, 1.165) is 28.1 Å². The number of halogens is 2. The Morgan fingerprint density at radius 1 is 1.10 bits per heavy atom. The molecule has 3 aromatic carbocycles. The van der Waals surface area contributed by atoms with Crippen LogP contribution in [0.3, 0.4) is 0 Å². The number of nitrogens with zero attached hydrogens (tertiary/aromatic N) is 3. The molecular formula is C25H21ClFN3O. The van der Waals surface area contributed by atoms with Gasteiger partial charge in [0.2, 0.25) is 5.91 Å². The van der Waals surface area contributed by atoms with Gasteiger partial charge < -0.3 is 9.47 Å². The molecule has 1 atom stereocenters. The summed E-state index contributed by atoms with van der Waals surface area (Å²) >= 11 is 6.31. The number of fused-ring (bicyclic) bond motifs is 1. The molecule has 4 nitrogen and oxygen atoms in total. The zero-order chi connectivity index (χ0) is 21.5. The van der Waals surface area contributed by atoms with Crippen molar-refractivity contribution in [2.75, 3.05) is 11.4 Å². The van der Waals surface area contributed by atoms with Crippen LogP contribution in [-0.4, -0.2) is 22.0 Å².